The summed E-state index contributed by atoms with van der Waals surface area (Å²) in [6, 6.07) is 2.57. The number of aromatic hydroxyl groups is 1. The first-order valence-corrected chi connectivity index (χ1v) is 11.1. The van der Waals surface area contributed by atoms with E-state index in [0.717, 1.165) is 0 Å². The van der Waals surface area contributed by atoms with Gasteiger partial charge in [0.05, 0.1) is 16.1 Å². The standard InChI is InChI=1S/C19H28Cl2N2O4S/c1-11(24)18(26)23-7-5-12(6-8-23)17(22-28(27)19(2,3)4)13-9-14(20)15(21)10-16(13)25/h9-12,17,22,24-25H,5-8H2,1-4H3. The van der Waals surface area contributed by atoms with E-state index in [1.165, 1.54) is 13.0 Å². The second-order valence-electron chi connectivity index (χ2n) is 8.14. The summed E-state index contributed by atoms with van der Waals surface area (Å²) >= 11 is 10.8. The molecule has 0 spiro atoms. The lowest BCUT2D eigenvalue weighted by Gasteiger charge is -2.38. The topological polar surface area (TPSA) is 95.9 Å². The van der Waals surface area contributed by atoms with Crippen LogP contribution in [-0.2, 0) is 16.2 Å². The molecule has 1 aromatic carbocycles. The molecule has 1 heterocycles. The molecule has 158 valence electrons. The Morgan fingerprint density at radius 3 is 2.32 bits per heavy atom. The number of nitrogens with one attached hydrogen (secondary N) is 1. The first kappa shape index (κ1) is 23.6. The molecule has 3 atom stereocenters. The van der Waals surface area contributed by atoms with Gasteiger partial charge in [-0.05, 0) is 52.5 Å². The van der Waals surface area contributed by atoms with Crippen LogP contribution in [0.15, 0.2) is 12.1 Å². The highest BCUT2D eigenvalue weighted by molar-refractivity contribution is 7.90. The molecule has 6 nitrogen and oxygen atoms in total. The number of halogens is 2. The number of piperidine rings is 1. The fourth-order valence-electron chi connectivity index (χ4n) is 3.22. The molecular formula is C19H28Cl2N2O4S. The minimum atomic E-state index is -1.37. The number of carbonyl (C=O) groups excluding carboxylic acids is 1. The van der Waals surface area contributed by atoms with Crippen LogP contribution in [0.5, 0.6) is 5.75 Å². The average Bonchev–Trinajstić information content (AvgIpc) is 2.61. The molecule has 28 heavy (non-hydrogen) atoms. The predicted octanol–water partition coefficient (Wildman–Crippen LogP) is 3.41. The van der Waals surface area contributed by atoms with Crippen LogP contribution in [0.2, 0.25) is 10.0 Å². The zero-order chi connectivity index (χ0) is 21.2. The van der Waals surface area contributed by atoms with Gasteiger partial charge < -0.3 is 19.7 Å². The largest absolute Gasteiger partial charge is 0.598 e. The van der Waals surface area contributed by atoms with E-state index >= 15 is 0 Å². The second-order valence-corrected chi connectivity index (χ2v) is 11.0. The van der Waals surface area contributed by atoms with Crippen LogP contribution in [0, 0.1) is 5.92 Å². The molecule has 3 N–H and O–H groups in total. The van der Waals surface area contributed by atoms with Crippen LogP contribution >= 0.6 is 23.2 Å². The number of likely N-dealkylation sites (tertiary alicyclic amines) is 1. The van der Waals surface area contributed by atoms with Gasteiger partial charge in [0.25, 0.3) is 5.91 Å². The molecule has 1 saturated heterocycles. The number of phenols is 1. The third kappa shape index (κ3) is 5.68. The van der Waals surface area contributed by atoms with Crippen LogP contribution in [0.25, 0.3) is 0 Å². The fraction of sp³-hybridized carbons (Fsp3) is 0.632. The smallest absolute Gasteiger partial charge is 0.251 e. The van der Waals surface area contributed by atoms with Crippen molar-refractivity contribution in [1.82, 2.24) is 9.62 Å². The Bertz CT molecular complexity index is 704. The lowest BCUT2D eigenvalue weighted by molar-refractivity contribution is -0.140. The number of rotatable bonds is 5. The predicted molar refractivity (Wildman–Crippen MR) is 113 cm³/mol. The first-order valence-electron chi connectivity index (χ1n) is 9.24. The van der Waals surface area contributed by atoms with Crippen molar-refractivity contribution in [2.24, 2.45) is 5.92 Å². The van der Waals surface area contributed by atoms with Gasteiger partial charge in [-0.15, -0.1) is 4.72 Å². The summed E-state index contributed by atoms with van der Waals surface area (Å²) in [5, 5.41) is 20.5. The third-order valence-corrected chi connectivity index (χ3v) is 7.18. The quantitative estimate of drug-likeness (QED) is 0.597. The van der Waals surface area contributed by atoms with Crippen LogP contribution in [0.4, 0.5) is 0 Å². The molecule has 3 unspecified atom stereocenters. The number of nitrogens with zero attached hydrogens (tertiary/aromatic N) is 1. The van der Waals surface area contributed by atoms with E-state index < -0.39 is 28.3 Å². The van der Waals surface area contributed by atoms with E-state index in [-0.39, 0.29) is 22.6 Å². The number of aliphatic hydroxyl groups is 1. The molecule has 1 amide bonds. The number of aliphatic hydroxyl groups excluding tert-OH is 1. The number of benzene rings is 1. The van der Waals surface area contributed by atoms with Gasteiger partial charge in [0, 0.05) is 36.1 Å². The highest BCUT2D eigenvalue weighted by atomic mass is 35.5. The van der Waals surface area contributed by atoms with Gasteiger partial charge in [-0.1, -0.05) is 23.2 Å². The maximum absolute atomic E-state index is 12.8. The van der Waals surface area contributed by atoms with Gasteiger partial charge in [0.2, 0.25) is 0 Å². The molecule has 0 radical (unpaired) electrons. The van der Waals surface area contributed by atoms with Crippen LogP contribution in [0.3, 0.4) is 0 Å². The molecular weight excluding hydrogens is 423 g/mol. The van der Waals surface area contributed by atoms with Crippen molar-refractivity contribution < 1.29 is 19.6 Å². The van der Waals surface area contributed by atoms with E-state index in [9.17, 15) is 19.6 Å². The molecule has 2 rings (SSSR count). The minimum Gasteiger partial charge on any atom is -0.598 e. The van der Waals surface area contributed by atoms with Crippen molar-refractivity contribution >= 4 is 40.5 Å². The van der Waals surface area contributed by atoms with Crippen molar-refractivity contribution in [3.05, 3.63) is 27.7 Å². The Morgan fingerprint density at radius 1 is 1.29 bits per heavy atom. The number of phenolic OH excluding ortho intramolecular Hbond substituents is 1. The van der Waals surface area contributed by atoms with Crippen LogP contribution in [-0.4, -0.2) is 49.5 Å². The number of hydrogen-bond donors (Lipinski definition) is 3. The summed E-state index contributed by atoms with van der Waals surface area (Å²) in [4.78, 5) is 13.7. The summed E-state index contributed by atoms with van der Waals surface area (Å²) in [6.45, 7) is 8.02. The molecule has 0 aromatic heterocycles. The second kappa shape index (κ2) is 9.41. The summed E-state index contributed by atoms with van der Waals surface area (Å²) in [6.07, 6.45) is 0.242. The number of carbonyl (C=O) groups is 1. The van der Waals surface area contributed by atoms with Crippen molar-refractivity contribution in [1.29, 1.82) is 0 Å². The van der Waals surface area contributed by atoms with Gasteiger partial charge in [0.1, 0.15) is 16.6 Å². The fourth-order valence-corrected chi connectivity index (χ4v) is 4.46. The summed E-state index contributed by atoms with van der Waals surface area (Å²) in [5.74, 6) is -0.286. The van der Waals surface area contributed by atoms with Gasteiger partial charge in [-0.25, -0.2) is 0 Å². The normalized spacial score (nSPS) is 19.4. The van der Waals surface area contributed by atoms with Crippen LogP contribution in [0.1, 0.15) is 52.1 Å². The minimum absolute atomic E-state index is 0.0136. The van der Waals surface area contributed by atoms with E-state index in [1.807, 2.05) is 20.8 Å². The molecule has 1 aliphatic heterocycles. The zero-order valence-electron chi connectivity index (χ0n) is 16.5. The third-order valence-electron chi connectivity index (χ3n) is 4.87. The van der Waals surface area contributed by atoms with Gasteiger partial charge in [0.15, 0.2) is 0 Å². The molecule has 0 aliphatic carbocycles. The van der Waals surface area contributed by atoms with Gasteiger partial charge >= 0.3 is 0 Å². The van der Waals surface area contributed by atoms with Gasteiger partial charge in [-0.2, -0.15) is 0 Å². The Morgan fingerprint density at radius 2 is 1.82 bits per heavy atom. The maximum Gasteiger partial charge on any atom is 0.251 e. The molecule has 9 heteroatoms. The maximum atomic E-state index is 12.8. The zero-order valence-corrected chi connectivity index (χ0v) is 18.9. The first-order chi connectivity index (χ1) is 12.9. The Labute approximate surface area is 179 Å². The molecule has 1 aromatic rings. The van der Waals surface area contributed by atoms with E-state index in [4.69, 9.17) is 23.2 Å². The average molecular weight is 451 g/mol. The summed E-state index contributed by atoms with van der Waals surface area (Å²) < 4.78 is 15.4. The summed E-state index contributed by atoms with van der Waals surface area (Å²) in [7, 11) is 0. The van der Waals surface area contributed by atoms with E-state index in [0.29, 0.717) is 36.5 Å². The highest BCUT2D eigenvalue weighted by Gasteiger charge is 2.37. The lowest BCUT2D eigenvalue weighted by atomic mass is 9.85. The molecule has 0 bridgehead atoms. The Balaban J connectivity index is 2.28. The molecule has 0 saturated carbocycles. The Hall–Kier alpha value is -0.700. The summed E-state index contributed by atoms with van der Waals surface area (Å²) in [5.41, 5.74) is 0.535. The molecule has 1 fully saturated rings. The van der Waals surface area contributed by atoms with E-state index in [2.05, 4.69) is 4.72 Å². The van der Waals surface area contributed by atoms with Crippen molar-refractivity contribution in [2.75, 3.05) is 13.1 Å². The van der Waals surface area contributed by atoms with Crippen molar-refractivity contribution in [3.8, 4) is 5.75 Å². The van der Waals surface area contributed by atoms with Crippen molar-refractivity contribution in [3.63, 3.8) is 0 Å². The number of amides is 1. The van der Waals surface area contributed by atoms with Gasteiger partial charge in [-0.3, -0.25) is 4.79 Å². The van der Waals surface area contributed by atoms with Crippen molar-refractivity contribution in [2.45, 2.75) is 57.4 Å². The lowest BCUT2D eigenvalue weighted by Crippen LogP contribution is -2.47. The Kier molecular flexibility index (Phi) is 7.92. The molecule has 1 aliphatic rings. The van der Waals surface area contributed by atoms with E-state index in [1.54, 1.807) is 11.0 Å². The SMILES string of the molecule is CC(O)C(=O)N1CCC(C(N[S+]([O-])C(C)(C)C)c2cc(Cl)c(Cl)cc2O)CC1. The number of hydrogen-bond acceptors (Lipinski definition) is 5. The highest BCUT2D eigenvalue weighted by Crippen LogP contribution is 2.40. The van der Waals surface area contributed by atoms with Crippen LogP contribution < -0.4 is 4.72 Å². The monoisotopic (exact) mass is 450 g/mol.